The number of likely N-dealkylation sites (tertiary alicyclic amines) is 1. The summed E-state index contributed by atoms with van der Waals surface area (Å²) in [6, 6.07) is 9.34. The molecule has 1 atom stereocenters. The third kappa shape index (κ3) is 4.00. The van der Waals surface area contributed by atoms with Crippen LogP contribution in [0.25, 0.3) is 0 Å². The van der Waals surface area contributed by atoms with Crippen molar-refractivity contribution < 1.29 is 9.59 Å². The number of carbonyl (C=O) groups is 2. The lowest BCUT2D eigenvalue weighted by Gasteiger charge is -2.32. The number of rotatable bonds is 3. The Balaban J connectivity index is 1.46. The number of nitrogens with one attached hydrogen (secondary N) is 1. The van der Waals surface area contributed by atoms with Gasteiger partial charge in [0.25, 0.3) is 5.91 Å². The molecule has 2 aliphatic rings. The van der Waals surface area contributed by atoms with E-state index >= 15 is 0 Å². The number of amides is 2. The van der Waals surface area contributed by atoms with Crippen LogP contribution in [0.4, 0.5) is 0 Å². The van der Waals surface area contributed by atoms with Crippen molar-refractivity contribution in [3.05, 3.63) is 52.3 Å². The number of carbonyl (C=O) groups excluding carboxylic acids is 2. The predicted molar refractivity (Wildman–Crippen MR) is 103 cm³/mol. The minimum Gasteiger partial charge on any atom is -0.351 e. The Morgan fingerprint density at radius 1 is 1.26 bits per heavy atom. The summed E-state index contributed by atoms with van der Waals surface area (Å²) in [7, 11) is 0. The highest BCUT2D eigenvalue weighted by Crippen LogP contribution is 2.27. The lowest BCUT2D eigenvalue weighted by atomic mass is 9.94. The summed E-state index contributed by atoms with van der Waals surface area (Å²) < 4.78 is 1.81. The molecule has 0 radical (unpaired) electrons. The Labute approximate surface area is 163 Å². The molecule has 0 bridgehead atoms. The zero-order valence-electron chi connectivity index (χ0n) is 15.2. The number of hydrogen-bond acceptors (Lipinski definition) is 3. The first-order valence-corrected chi connectivity index (χ1v) is 9.86. The number of nitrogens with zero attached hydrogens (tertiary/aromatic N) is 3. The van der Waals surface area contributed by atoms with Gasteiger partial charge >= 0.3 is 0 Å². The van der Waals surface area contributed by atoms with E-state index in [-0.39, 0.29) is 17.7 Å². The zero-order chi connectivity index (χ0) is 18.8. The van der Waals surface area contributed by atoms with Crippen molar-refractivity contribution in [1.82, 2.24) is 20.0 Å². The van der Waals surface area contributed by atoms with Gasteiger partial charge in [0.2, 0.25) is 5.91 Å². The van der Waals surface area contributed by atoms with Crippen LogP contribution in [-0.4, -0.2) is 46.1 Å². The smallest absolute Gasteiger partial charge is 0.269 e. The van der Waals surface area contributed by atoms with Gasteiger partial charge in [-0.15, -0.1) is 0 Å². The van der Waals surface area contributed by atoms with Crippen LogP contribution >= 0.6 is 11.6 Å². The van der Waals surface area contributed by atoms with Crippen molar-refractivity contribution in [3.63, 3.8) is 0 Å². The van der Waals surface area contributed by atoms with E-state index in [1.54, 1.807) is 0 Å². The molecule has 2 aromatic rings. The molecule has 0 aliphatic carbocycles. The van der Waals surface area contributed by atoms with Gasteiger partial charge in [0.1, 0.15) is 5.69 Å². The average Bonchev–Trinajstić information content (AvgIpc) is 3.02. The topological polar surface area (TPSA) is 67.2 Å². The molecule has 1 saturated heterocycles. The third-order valence-electron chi connectivity index (χ3n) is 5.30. The summed E-state index contributed by atoms with van der Waals surface area (Å²) in [4.78, 5) is 26.8. The molecule has 1 aromatic heterocycles. The second-order valence-corrected chi connectivity index (χ2v) is 7.71. The van der Waals surface area contributed by atoms with E-state index in [2.05, 4.69) is 10.4 Å². The van der Waals surface area contributed by atoms with Crippen LogP contribution in [-0.2, 0) is 17.8 Å². The molecule has 27 heavy (non-hydrogen) atoms. The number of aromatic nitrogens is 2. The van der Waals surface area contributed by atoms with Crippen LogP contribution in [0.5, 0.6) is 0 Å². The van der Waals surface area contributed by atoms with Crippen molar-refractivity contribution in [2.45, 2.75) is 38.1 Å². The summed E-state index contributed by atoms with van der Waals surface area (Å²) in [5, 5.41) is 8.22. The molecule has 2 aliphatic heterocycles. The Kier molecular flexibility index (Phi) is 5.16. The van der Waals surface area contributed by atoms with E-state index < -0.39 is 0 Å². The quantitative estimate of drug-likeness (QED) is 0.881. The maximum atomic E-state index is 12.7. The van der Waals surface area contributed by atoms with Crippen molar-refractivity contribution in [1.29, 1.82) is 0 Å². The fourth-order valence-electron chi connectivity index (χ4n) is 3.89. The number of hydrogen-bond donors (Lipinski definition) is 1. The molecule has 2 amide bonds. The molecular weight excluding hydrogens is 364 g/mol. The Bertz CT molecular complexity index is 863. The number of piperidine rings is 1. The molecule has 0 spiro atoms. The Morgan fingerprint density at radius 2 is 2.15 bits per heavy atom. The number of benzene rings is 1. The van der Waals surface area contributed by atoms with Gasteiger partial charge in [-0.2, -0.15) is 5.10 Å². The van der Waals surface area contributed by atoms with Crippen molar-refractivity contribution in [3.8, 4) is 0 Å². The standard InChI is InChI=1S/C20H23ClN4O2/c21-16-6-1-4-14(10-16)11-19(26)24-8-2-5-15(13-24)17-12-18-20(27)22-7-3-9-25(18)23-17/h1,4,6,10,12,15H,2-3,5,7-9,11,13H2,(H,22,27). The van der Waals surface area contributed by atoms with Gasteiger partial charge in [-0.05, 0) is 43.0 Å². The van der Waals surface area contributed by atoms with Crippen LogP contribution in [0.1, 0.15) is 46.9 Å². The Morgan fingerprint density at radius 3 is 3.00 bits per heavy atom. The maximum absolute atomic E-state index is 12.7. The lowest BCUT2D eigenvalue weighted by molar-refractivity contribution is -0.131. The highest BCUT2D eigenvalue weighted by molar-refractivity contribution is 6.30. The fourth-order valence-corrected chi connectivity index (χ4v) is 4.10. The van der Waals surface area contributed by atoms with Gasteiger partial charge in [-0.3, -0.25) is 14.3 Å². The van der Waals surface area contributed by atoms with Crippen LogP contribution in [0.3, 0.4) is 0 Å². The molecule has 4 rings (SSSR count). The van der Waals surface area contributed by atoms with Gasteiger partial charge in [0.15, 0.2) is 0 Å². The summed E-state index contributed by atoms with van der Waals surface area (Å²) in [6.07, 6.45) is 3.17. The van der Waals surface area contributed by atoms with Gasteiger partial charge < -0.3 is 10.2 Å². The number of aryl methyl sites for hydroxylation is 1. The first kappa shape index (κ1) is 18.0. The highest BCUT2D eigenvalue weighted by atomic mass is 35.5. The van der Waals surface area contributed by atoms with Crippen molar-refractivity contribution in [2.24, 2.45) is 0 Å². The van der Waals surface area contributed by atoms with E-state index in [9.17, 15) is 9.59 Å². The molecule has 1 unspecified atom stereocenters. The van der Waals surface area contributed by atoms with Crippen LogP contribution < -0.4 is 5.32 Å². The fraction of sp³-hybridized carbons (Fsp3) is 0.450. The van der Waals surface area contributed by atoms with Crippen molar-refractivity contribution >= 4 is 23.4 Å². The SMILES string of the molecule is O=C1NCCCn2nc(C3CCCN(C(=O)Cc4cccc(Cl)c4)C3)cc21. The van der Waals surface area contributed by atoms with Crippen molar-refractivity contribution in [2.75, 3.05) is 19.6 Å². The molecule has 0 saturated carbocycles. The number of fused-ring (bicyclic) bond motifs is 1. The second-order valence-electron chi connectivity index (χ2n) is 7.27. The van der Waals surface area contributed by atoms with E-state index in [0.717, 1.165) is 43.6 Å². The summed E-state index contributed by atoms with van der Waals surface area (Å²) >= 11 is 6.02. The highest BCUT2D eigenvalue weighted by Gasteiger charge is 2.28. The van der Waals surface area contributed by atoms with E-state index in [1.165, 1.54) is 0 Å². The van der Waals surface area contributed by atoms with Gasteiger partial charge in [-0.25, -0.2) is 0 Å². The van der Waals surface area contributed by atoms with Crippen LogP contribution in [0.2, 0.25) is 5.02 Å². The third-order valence-corrected chi connectivity index (χ3v) is 5.54. The van der Waals surface area contributed by atoms with Crippen LogP contribution in [0.15, 0.2) is 30.3 Å². The second kappa shape index (κ2) is 7.72. The minimum absolute atomic E-state index is 0.0593. The van der Waals surface area contributed by atoms with Gasteiger partial charge in [0.05, 0.1) is 12.1 Å². The molecule has 3 heterocycles. The summed E-state index contributed by atoms with van der Waals surface area (Å²) in [5.74, 6) is 0.228. The molecule has 1 fully saturated rings. The largest absolute Gasteiger partial charge is 0.351 e. The molecule has 1 aromatic carbocycles. The first-order valence-electron chi connectivity index (χ1n) is 9.48. The monoisotopic (exact) mass is 386 g/mol. The molecule has 1 N–H and O–H groups in total. The van der Waals surface area contributed by atoms with Gasteiger partial charge in [-0.1, -0.05) is 23.7 Å². The summed E-state index contributed by atoms with van der Waals surface area (Å²) in [6.45, 7) is 2.85. The maximum Gasteiger partial charge on any atom is 0.269 e. The van der Waals surface area contributed by atoms with E-state index in [0.29, 0.717) is 30.2 Å². The molecular formula is C20H23ClN4O2. The molecule has 142 valence electrons. The lowest BCUT2D eigenvalue weighted by Crippen LogP contribution is -2.40. The molecule has 6 nitrogen and oxygen atoms in total. The van der Waals surface area contributed by atoms with Gasteiger partial charge in [0, 0.05) is 37.1 Å². The van der Waals surface area contributed by atoms with E-state index in [4.69, 9.17) is 11.6 Å². The average molecular weight is 387 g/mol. The Hall–Kier alpha value is -2.34. The number of halogens is 1. The first-order chi connectivity index (χ1) is 13.1. The normalized spacial score (nSPS) is 20.0. The predicted octanol–water partition coefficient (Wildman–Crippen LogP) is 2.62. The zero-order valence-corrected chi connectivity index (χ0v) is 15.9. The van der Waals surface area contributed by atoms with Crippen LogP contribution in [0, 0.1) is 0 Å². The minimum atomic E-state index is -0.0593. The molecule has 7 heteroatoms. The van der Waals surface area contributed by atoms with E-state index in [1.807, 2.05) is 39.9 Å². The summed E-state index contributed by atoms with van der Waals surface area (Å²) in [5.41, 5.74) is 2.48.